The Balaban J connectivity index is 1.90. The van der Waals surface area contributed by atoms with Gasteiger partial charge >= 0.3 is 6.18 Å². The Morgan fingerprint density at radius 3 is 2.07 bits per heavy atom. The second-order valence-corrected chi connectivity index (χ2v) is 9.37. The van der Waals surface area contributed by atoms with Crippen LogP contribution >= 0.6 is 0 Å². The van der Waals surface area contributed by atoms with Gasteiger partial charge < -0.3 is 9.64 Å². The molecule has 0 bridgehead atoms. The van der Waals surface area contributed by atoms with Crippen LogP contribution in [0.1, 0.15) is 45.1 Å². The van der Waals surface area contributed by atoms with E-state index in [9.17, 15) is 21.6 Å². The SMILES string of the molecule is CCN(CC)CCOC1CCC(N(C)S(=O)(=O)c2ccc(C(F)(F)F)cc2)CC1. The topological polar surface area (TPSA) is 49.9 Å². The minimum Gasteiger partial charge on any atom is -0.377 e. The highest BCUT2D eigenvalue weighted by Gasteiger charge is 2.34. The van der Waals surface area contributed by atoms with Gasteiger partial charge in [-0.15, -0.1) is 0 Å². The van der Waals surface area contributed by atoms with Crippen LogP contribution in [0.15, 0.2) is 29.2 Å². The Labute approximate surface area is 171 Å². The highest BCUT2D eigenvalue weighted by molar-refractivity contribution is 7.89. The average Bonchev–Trinajstić information content (AvgIpc) is 2.70. The molecule has 0 N–H and O–H groups in total. The van der Waals surface area contributed by atoms with Crippen LogP contribution in [0.3, 0.4) is 0 Å². The lowest BCUT2D eigenvalue weighted by Crippen LogP contribution is -2.41. The van der Waals surface area contributed by atoms with Crippen molar-refractivity contribution in [1.82, 2.24) is 9.21 Å². The zero-order valence-corrected chi connectivity index (χ0v) is 18.1. The van der Waals surface area contributed by atoms with E-state index in [4.69, 9.17) is 4.74 Å². The predicted molar refractivity (Wildman–Crippen MR) is 106 cm³/mol. The van der Waals surface area contributed by atoms with E-state index in [2.05, 4.69) is 18.7 Å². The third-order valence-corrected chi connectivity index (χ3v) is 7.60. The van der Waals surface area contributed by atoms with E-state index in [0.29, 0.717) is 19.4 Å². The molecule has 0 aromatic heterocycles. The van der Waals surface area contributed by atoms with E-state index < -0.39 is 21.8 Å². The lowest BCUT2D eigenvalue weighted by molar-refractivity contribution is -0.137. The maximum Gasteiger partial charge on any atom is 0.416 e. The van der Waals surface area contributed by atoms with Crippen molar-refractivity contribution in [3.8, 4) is 0 Å². The van der Waals surface area contributed by atoms with Crippen molar-refractivity contribution < 1.29 is 26.3 Å². The first-order chi connectivity index (χ1) is 13.6. The molecule has 0 saturated heterocycles. The van der Waals surface area contributed by atoms with Crippen LogP contribution in [0.2, 0.25) is 0 Å². The van der Waals surface area contributed by atoms with Gasteiger partial charge in [-0.25, -0.2) is 8.42 Å². The van der Waals surface area contributed by atoms with E-state index in [1.807, 2.05) is 0 Å². The minimum atomic E-state index is -4.49. The highest BCUT2D eigenvalue weighted by atomic mass is 32.2. The van der Waals surface area contributed by atoms with E-state index in [1.165, 1.54) is 11.4 Å². The number of halogens is 3. The number of alkyl halides is 3. The summed E-state index contributed by atoms with van der Waals surface area (Å²) in [5.74, 6) is 0. The summed E-state index contributed by atoms with van der Waals surface area (Å²) in [6, 6.07) is 3.49. The number of benzene rings is 1. The summed E-state index contributed by atoms with van der Waals surface area (Å²) in [5, 5.41) is 0. The first-order valence-electron chi connectivity index (χ1n) is 10.1. The first kappa shape index (κ1) is 24.1. The van der Waals surface area contributed by atoms with Crippen molar-refractivity contribution in [3.63, 3.8) is 0 Å². The van der Waals surface area contributed by atoms with Crippen molar-refractivity contribution in [1.29, 1.82) is 0 Å². The molecule has 0 radical (unpaired) electrons. The number of rotatable bonds is 9. The summed E-state index contributed by atoms with van der Waals surface area (Å²) in [6.45, 7) is 7.74. The summed E-state index contributed by atoms with van der Waals surface area (Å²) in [5.41, 5.74) is -0.860. The van der Waals surface area contributed by atoms with Gasteiger partial charge in [-0.2, -0.15) is 17.5 Å². The molecule has 5 nitrogen and oxygen atoms in total. The number of ether oxygens (including phenoxy) is 1. The second-order valence-electron chi connectivity index (χ2n) is 7.37. The first-order valence-corrected chi connectivity index (χ1v) is 11.5. The molecule has 0 atom stereocenters. The fourth-order valence-electron chi connectivity index (χ4n) is 3.64. The third kappa shape index (κ3) is 6.41. The quantitative estimate of drug-likeness (QED) is 0.587. The van der Waals surface area contributed by atoms with Crippen LogP contribution < -0.4 is 0 Å². The molecule has 1 aromatic carbocycles. The maximum absolute atomic E-state index is 12.8. The van der Waals surface area contributed by atoms with Gasteiger partial charge in [0.25, 0.3) is 0 Å². The molecule has 29 heavy (non-hydrogen) atoms. The van der Waals surface area contributed by atoms with Crippen molar-refractivity contribution in [2.24, 2.45) is 0 Å². The number of sulfonamides is 1. The molecule has 1 saturated carbocycles. The van der Waals surface area contributed by atoms with Gasteiger partial charge in [0.15, 0.2) is 0 Å². The average molecular weight is 437 g/mol. The smallest absolute Gasteiger partial charge is 0.377 e. The van der Waals surface area contributed by atoms with E-state index in [0.717, 1.165) is 56.7 Å². The van der Waals surface area contributed by atoms with Crippen molar-refractivity contribution in [3.05, 3.63) is 29.8 Å². The van der Waals surface area contributed by atoms with Crippen LogP contribution in [0.25, 0.3) is 0 Å². The Morgan fingerprint density at radius 1 is 1.03 bits per heavy atom. The maximum atomic E-state index is 12.8. The Bertz CT molecular complexity index is 726. The summed E-state index contributed by atoms with van der Waals surface area (Å²) < 4.78 is 70.9. The summed E-state index contributed by atoms with van der Waals surface area (Å²) in [6.07, 6.45) is -1.47. The van der Waals surface area contributed by atoms with E-state index in [-0.39, 0.29) is 17.0 Å². The van der Waals surface area contributed by atoms with Gasteiger partial charge in [-0.05, 0) is 63.0 Å². The summed E-state index contributed by atoms with van der Waals surface area (Å²) >= 11 is 0. The molecule has 0 unspecified atom stereocenters. The lowest BCUT2D eigenvalue weighted by atomic mass is 9.93. The minimum absolute atomic E-state index is 0.120. The van der Waals surface area contributed by atoms with Crippen LogP contribution in [-0.2, 0) is 20.9 Å². The molecule has 1 aromatic rings. The van der Waals surface area contributed by atoms with Crippen LogP contribution in [0, 0.1) is 0 Å². The monoisotopic (exact) mass is 436 g/mol. The molecule has 1 fully saturated rings. The van der Waals surface area contributed by atoms with E-state index >= 15 is 0 Å². The van der Waals surface area contributed by atoms with Gasteiger partial charge in [0.05, 0.1) is 23.2 Å². The van der Waals surface area contributed by atoms with Gasteiger partial charge in [0.2, 0.25) is 10.0 Å². The molecule has 2 rings (SSSR count). The van der Waals surface area contributed by atoms with Crippen molar-refractivity contribution in [2.45, 2.75) is 62.7 Å². The molecule has 1 aliphatic rings. The number of hydrogen-bond acceptors (Lipinski definition) is 4. The third-order valence-electron chi connectivity index (χ3n) is 5.67. The normalized spacial score (nSPS) is 21.1. The van der Waals surface area contributed by atoms with Crippen molar-refractivity contribution in [2.75, 3.05) is 33.3 Å². The molecule has 1 aliphatic carbocycles. The van der Waals surface area contributed by atoms with E-state index in [1.54, 1.807) is 0 Å². The molecular weight excluding hydrogens is 405 g/mol. The second kappa shape index (κ2) is 10.2. The molecular formula is C20H31F3N2O3S. The zero-order valence-electron chi connectivity index (χ0n) is 17.3. The molecule has 0 aliphatic heterocycles. The summed E-state index contributed by atoms with van der Waals surface area (Å²) in [4.78, 5) is 2.17. The Morgan fingerprint density at radius 2 is 1.59 bits per heavy atom. The molecule has 0 spiro atoms. The highest BCUT2D eigenvalue weighted by Crippen LogP contribution is 2.31. The largest absolute Gasteiger partial charge is 0.416 e. The molecule has 0 amide bonds. The number of hydrogen-bond donors (Lipinski definition) is 0. The van der Waals surface area contributed by atoms with Gasteiger partial charge in [0, 0.05) is 19.6 Å². The molecule has 0 heterocycles. The fraction of sp³-hybridized carbons (Fsp3) is 0.700. The number of nitrogens with zero attached hydrogens (tertiary/aromatic N) is 2. The standard InChI is InChI=1S/C20H31F3N2O3S/c1-4-25(5-2)14-15-28-18-10-8-17(9-11-18)24(3)29(26,27)19-12-6-16(7-13-19)20(21,22)23/h6-7,12-13,17-18H,4-5,8-11,14-15H2,1-3H3. The zero-order chi connectivity index (χ0) is 21.7. The van der Waals surface area contributed by atoms with Crippen LogP contribution in [-0.4, -0.2) is 63.1 Å². The lowest BCUT2D eigenvalue weighted by Gasteiger charge is -2.34. The van der Waals surface area contributed by atoms with Crippen molar-refractivity contribution >= 4 is 10.0 Å². The summed E-state index contributed by atoms with van der Waals surface area (Å²) in [7, 11) is -2.34. The molecule has 166 valence electrons. The van der Waals surface area contributed by atoms with Gasteiger partial charge in [-0.1, -0.05) is 13.8 Å². The fourth-order valence-corrected chi connectivity index (χ4v) is 5.06. The van der Waals surface area contributed by atoms with Crippen LogP contribution in [0.5, 0.6) is 0 Å². The molecule has 9 heteroatoms. The Kier molecular flexibility index (Phi) is 8.51. The number of likely N-dealkylation sites (N-methyl/N-ethyl adjacent to an activating group) is 1. The van der Waals surface area contributed by atoms with Crippen LogP contribution in [0.4, 0.5) is 13.2 Å². The Hall–Kier alpha value is -1.16. The predicted octanol–water partition coefficient (Wildman–Crippen LogP) is 4.00. The van der Waals surface area contributed by atoms with Gasteiger partial charge in [-0.3, -0.25) is 0 Å². The van der Waals surface area contributed by atoms with Gasteiger partial charge in [0.1, 0.15) is 0 Å².